The van der Waals surface area contributed by atoms with Crippen molar-refractivity contribution in [2.45, 2.75) is 6.18 Å². The molecule has 1 aromatic rings. The van der Waals surface area contributed by atoms with Crippen LogP contribution in [0.15, 0.2) is 30.8 Å². The van der Waals surface area contributed by atoms with E-state index in [0.29, 0.717) is 12.1 Å². The molecule has 2 rings (SSSR count). The van der Waals surface area contributed by atoms with Crippen molar-refractivity contribution in [3.63, 3.8) is 0 Å². The molecular weight excluding hydrogens is 253 g/mol. The highest BCUT2D eigenvalue weighted by atomic mass is 19.4. The van der Waals surface area contributed by atoms with Crippen LogP contribution in [0.5, 0.6) is 0 Å². The fraction of sp³-hybridized carbons (Fsp3) is 0.429. The summed E-state index contributed by atoms with van der Waals surface area (Å²) in [6, 6.07) is 5.37. The Labute approximate surface area is 110 Å². The number of rotatable bonds is 3. The summed E-state index contributed by atoms with van der Waals surface area (Å²) in [6.45, 7) is 8.15. The maximum absolute atomic E-state index is 12.6. The highest BCUT2D eigenvalue weighted by Crippen LogP contribution is 2.30. The van der Waals surface area contributed by atoms with Gasteiger partial charge in [0, 0.05) is 32.7 Å². The third kappa shape index (κ3) is 3.81. The molecule has 0 unspecified atom stereocenters. The molecule has 1 N–H and O–H groups in total. The SMILES string of the molecule is C=C(CN1CCNCC1)c1cccc(C(F)(F)F)c1. The standard InChI is InChI=1S/C14H17F3N2/c1-11(10-19-7-5-18-6-8-19)12-3-2-4-13(9-12)14(15,16)17/h2-4,9,18H,1,5-8,10H2. The molecule has 1 heterocycles. The summed E-state index contributed by atoms with van der Waals surface area (Å²) < 4.78 is 37.9. The number of hydrogen-bond donors (Lipinski definition) is 1. The lowest BCUT2D eigenvalue weighted by Gasteiger charge is -2.28. The minimum atomic E-state index is -4.30. The second-order valence-corrected chi connectivity index (χ2v) is 4.71. The van der Waals surface area contributed by atoms with Crippen LogP contribution in [0.3, 0.4) is 0 Å². The lowest BCUT2D eigenvalue weighted by molar-refractivity contribution is -0.137. The van der Waals surface area contributed by atoms with E-state index in [1.54, 1.807) is 6.07 Å². The van der Waals surface area contributed by atoms with E-state index in [2.05, 4.69) is 16.8 Å². The molecule has 0 spiro atoms. The van der Waals surface area contributed by atoms with Crippen molar-refractivity contribution in [1.82, 2.24) is 10.2 Å². The monoisotopic (exact) mass is 270 g/mol. The molecule has 0 atom stereocenters. The van der Waals surface area contributed by atoms with Crippen LogP contribution in [0.4, 0.5) is 13.2 Å². The molecule has 0 aromatic heterocycles. The fourth-order valence-electron chi connectivity index (χ4n) is 2.15. The zero-order chi connectivity index (χ0) is 13.9. The van der Waals surface area contributed by atoms with Crippen LogP contribution in [0.2, 0.25) is 0 Å². The summed E-state index contributed by atoms with van der Waals surface area (Å²) in [7, 11) is 0. The van der Waals surface area contributed by atoms with Crippen molar-refractivity contribution in [3.8, 4) is 0 Å². The van der Waals surface area contributed by atoms with E-state index < -0.39 is 11.7 Å². The van der Waals surface area contributed by atoms with Gasteiger partial charge in [-0.05, 0) is 23.3 Å². The summed E-state index contributed by atoms with van der Waals surface area (Å²) in [5.41, 5.74) is 0.674. The van der Waals surface area contributed by atoms with Crippen LogP contribution in [0.1, 0.15) is 11.1 Å². The van der Waals surface area contributed by atoms with Crippen LogP contribution < -0.4 is 5.32 Å². The average molecular weight is 270 g/mol. The molecule has 0 amide bonds. The first-order valence-electron chi connectivity index (χ1n) is 6.25. The molecule has 0 bridgehead atoms. The van der Waals surface area contributed by atoms with Gasteiger partial charge in [0.15, 0.2) is 0 Å². The van der Waals surface area contributed by atoms with Crippen LogP contribution in [-0.2, 0) is 6.18 Å². The molecule has 5 heteroatoms. The van der Waals surface area contributed by atoms with E-state index in [1.165, 1.54) is 12.1 Å². The number of benzene rings is 1. The average Bonchev–Trinajstić information content (AvgIpc) is 2.39. The van der Waals surface area contributed by atoms with Gasteiger partial charge in [-0.3, -0.25) is 4.90 Å². The predicted molar refractivity (Wildman–Crippen MR) is 69.8 cm³/mol. The van der Waals surface area contributed by atoms with Crippen molar-refractivity contribution in [2.24, 2.45) is 0 Å². The van der Waals surface area contributed by atoms with Crippen molar-refractivity contribution < 1.29 is 13.2 Å². The van der Waals surface area contributed by atoms with E-state index in [-0.39, 0.29) is 0 Å². The molecule has 0 saturated carbocycles. The van der Waals surface area contributed by atoms with Gasteiger partial charge in [-0.15, -0.1) is 0 Å². The highest BCUT2D eigenvalue weighted by Gasteiger charge is 2.30. The third-order valence-electron chi connectivity index (χ3n) is 3.22. The summed E-state index contributed by atoms with van der Waals surface area (Å²) in [5.74, 6) is 0. The van der Waals surface area contributed by atoms with Gasteiger partial charge in [0.05, 0.1) is 5.56 Å². The fourth-order valence-corrected chi connectivity index (χ4v) is 2.15. The number of nitrogens with zero attached hydrogens (tertiary/aromatic N) is 1. The van der Waals surface area contributed by atoms with Crippen molar-refractivity contribution in [3.05, 3.63) is 42.0 Å². The number of alkyl halides is 3. The summed E-state index contributed by atoms with van der Waals surface area (Å²) in [5, 5.41) is 3.24. The van der Waals surface area contributed by atoms with Gasteiger partial charge in [-0.25, -0.2) is 0 Å². The molecule has 0 radical (unpaired) electrons. The number of halogens is 3. The lowest BCUT2D eigenvalue weighted by Crippen LogP contribution is -2.43. The van der Waals surface area contributed by atoms with E-state index in [9.17, 15) is 13.2 Å². The van der Waals surface area contributed by atoms with Gasteiger partial charge in [-0.1, -0.05) is 18.7 Å². The Balaban J connectivity index is 2.06. The van der Waals surface area contributed by atoms with Gasteiger partial charge in [-0.2, -0.15) is 13.2 Å². The van der Waals surface area contributed by atoms with Gasteiger partial charge < -0.3 is 5.32 Å². The topological polar surface area (TPSA) is 15.3 Å². The van der Waals surface area contributed by atoms with Crippen LogP contribution in [0, 0.1) is 0 Å². The molecule has 1 aromatic carbocycles. The van der Waals surface area contributed by atoms with Crippen molar-refractivity contribution >= 4 is 5.57 Å². The Morgan fingerprint density at radius 3 is 2.58 bits per heavy atom. The molecule has 1 aliphatic heterocycles. The summed E-state index contributed by atoms with van der Waals surface area (Å²) in [6.07, 6.45) is -4.30. The van der Waals surface area contributed by atoms with Gasteiger partial charge in [0.2, 0.25) is 0 Å². The Bertz CT molecular complexity index is 448. The molecule has 0 aliphatic carbocycles. The van der Waals surface area contributed by atoms with Gasteiger partial charge in [0.1, 0.15) is 0 Å². The predicted octanol–water partition coefficient (Wildman–Crippen LogP) is 2.62. The van der Waals surface area contributed by atoms with E-state index in [1.807, 2.05) is 0 Å². The molecule has 1 fully saturated rings. The van der Waals surface area contributed by atoms with E-state index in [4.69, 9.17) is 0 Å². The Morgan fingerprint density at radius 2 is 1.95 bits per heavy atom. The molecule has 104 valence electrons. The maximum Gasteiger partial charge on any atom is 0.416 e. The first-order valence-corrected chi connectivity index (χ1v) is 6.25. The molecule has 19 heavy (non-hydrogen) atoms. The molecule has 1 saturated heterocycles. The zero-order valence-electron chi connectivity index (χ0n) is 10.6. The first kappa shape index (κ1) is 14.1. The summed E-state index contributed by atoms with van der Waals surface area (Å²) in [4.78, 5) is 2.19. The lowest BCUT2D eigenvalue weighted by atomic mass is 10.0. The minimum absolute atomic E-state index is 0.563. The Hall–Kier alpha value is -1.33. The second-order valence-electron chi connectivity index (χ2n) is 4.71. The molecule has 1 aliphatic rings. The van der Waals surface area contributed by atoms with E-state index in [0.717, 1.165) is 37.8 Å². The third-order valence-corrected chi connectivity index (χ3v) is 3.22. The number of nitrogens with one attached hydrogen (secondary N) is 1. The quantitative estimate of drug-likeness (QED) is 0.908. The van der Waals surface area contributed by atoms with Crippen LogP contribution in [0.25, 0.3) is 5.57 Å². The van der Waals surface area contributed by atoms with Crippen LogP contribution >= 0.6 is 0 Å². The summed E-state index contributed by atoms with van der Waals surface area (Å²) >= 11 is 0. The normalized spacial score (nSPS) is 17.4. The van der Waals surface area contributed by atoms with Crippen molar-refractivity contribution in [1.29, 1.82) is 0 Å². The highest BCUT2D eigenvalue weighted by molar-refractivity contribution is 5.65. The number of piperazine rings is 1. The smallest absolute Gasteiger partial charge is 0.314 e. The molecular formula is C14H17F3N2. The largest absolute Gasteiger partial charge is 0.416 e. The maximum atomic E-state index is 12.6. The minimum Gasteiger partial charge on any atom is -0.314 e. The van der Waals surface area contributed by atoms with Crippen molar-refractivity contribution in [2.75, 3.05) is 32.7 Å². The molecule has 2 nitrogen and oxygen atoms in total. The van der Waals surface area contributed by atoms with Crippen LogP contribution in [-0.4, -0.2) is 37.6 Å². The number of hydrogen-bond acceptors (Lipinski definition) is 2. The van der Waals surface area contributed by atoms with E-state index >= 15 is 0 Å². The Morgan fingerprint density at radius 1 is 1.26 bits per heavy atom. The Kier molecular flexibility index (Phi) is 4.27. The second kappa shape index (κ2) is 5.75. The van der Waals surface area contributed by atoms with Gasteiger partial charge >= 0.3 is 6.18 Å². The zero-order valence-corrected chi connectivity index (χ0v) is 10.6. The van der Waals surface area contributed by atoms with Gasteiger partial charge in [0.25, 0.3) is 0 Å². The first-order chi connectivity index (χ1) is 8.97.